The molecule has 0 unspecified atom stereocenters. The maximum absolute atomic E-state index is 4.69. The summed E-state index contributed by atoms with van der Waals surface area (Å²) in [7, 11) is 2.10. The second-order valence-electron chi connectivity index (χ2n) is 7.63. The Bertz CT molecular complexity index is 1360. The van der Waals surface area contributed by atoms with Crippen LogP contribution >= 0.6 is 0 Å². The lowest BCUT2D eigenvalue weighted by atomic mass is 10.0. The molecule has 154 valence electrons. The monoisotopic (exact) mass is 413 g/mol. The van der Waals surface area contributed by atoms with Gasteiger partial charge in [-0.3, -0.25) is 0 Å². The van der Waals surface area contributed by atoms with Crippen LogP contribution in [0, 0.1) is 0 Å². The van der Waals surface area contributed by atoms with Gasteiger partial charge in [0.15, 0.2) is 0 Å². The Morgan fingerprint density at radius 2 is 1.19 bits per heavy atom. The predicted molar refractivity (Wildman–Crippen MR) is 134 cm³/mol. The second kappa shape index (κ2) is 8.86. The summed E-state index contributed by atoms with van der Waals surface area (Å²) in [6, 6.07) is 39.2. The Kier molecular flexibility index (Phi) is 5.46. The Labute approximate surface area is 188 Å². The lowest BCUT2D eigenvalue weighted by Crippen LogP contribution is -2.02. The number of aromatic nitrogens is 1. The first kappa shape index (κ1) is 19.7. The van der Waals surface area contributed by atoms with E-state index >= 15 is 0 Å². The predicted octanol–water partition coefficient (Wildman–Crippen LogP) is 6.72. The fourth-order valence-corrected chi connectivity index (χ4v) is 4.12. The number of para-hydroxylation sites is 1. The summed E-state index contributed by atoms with van der Waals surface area (Å²) >= 11 is 0. The Morgan fingerprint density at radius 3 is 1.81 bits per heavy atom. The van der Waals surface area contributed by atoms with Crippen molar-refractivity contribution in [2.45, 2.75) is 0 Å². The summed E-state index contributed by atoms with van der Waals surface area (Å²) < 4.78 is 2.23. The normalized spacial score (nSPS) is 11.2. The molecule has 5 aromatic rings. The van der Waals surface area contributed by atoms with Crippen molar-refractivity contribution in [2.75, 3.05) is 0 Å². The van der Waals surface area contributed by atoms with E-state index in [4.69, 9.17) is 0 Å². The molecule has 0 aliphatic rings. The largest absolute Gasteiger partial charge is 0.343 e. The van der Waals surface area contributed by atoms with E-state index in [0.29, 0.717) is 0 Å². The molecule has 32 heavy (non-hydrogen) atoms. The Morgan fingerprint density at radius 1 is 0.656 bits per heavy atom. The fraction of sp³-hybridized carbons (Fsp3) is 0.0345. The van der Waals surface area contributed by atoms with Gasteiger partial charge in [-0.2, -0.15) is 5.10 Å². The van der Waals surface area contributed by atoms with E-state index in [2.05, 4.69) is 94.6 Å². The van der Waals surface area contributed by atoms with E-state index in [9.17, 15) is 0 Å². The molecule has 0 saturated heterocycles. The van der Waals surface area contributed by atoms with E-state index in [1.54, 1.807) is 0 Å². The molecule has 0 aliphatic carbocycles. The van der Waals surface area contributed by atoms with Crippen molar-refractivity contribution in [1.82, 2.24) is 4.57 Å². The first-order chi connectivity index (χ1) is 15.8. The van der Waals surface area contributed by atoms with E-state index in [-0.39, 0.29) is 0 Å². The SMILES string of the molecule is Cn1c(-c2ccccc2)c(/C=N\N=C(c2ccccc2)c2ccccc2)c2ccccc21. The maximum atomic E-state index is 4.69. The molecule has 0 amide bonds. The quantitative estimate of drug-likeness (QED) is 0.226. The van der Waals surface area contributed by atoms with Crippen molar-refractivity contribution < 1.29 is 0 Å². The molecule has 0 atom stereocenters. The summed E-state index contributed by atoms with van der Waals surface area (Å²) in [6.07, 6.45) is 1.89. The number of nitrogens with zero attached hydrogens (tertiary/aromatic N) is 3. The molecule has 0 bridgehead atoms. The lowest BCUT2D eigenvalue weighted by Gasteiger charge is -2.06. The molecule has 0 spiro atoms. The van der Waals surface area contributed by atoms with Crippen LogP contribution in [0.4, 0.5) is 0 Å². The molecular formula is C29H23N3. The lowest BCUT2D eigenvalue weighted by molar-refractivity contribution is 0.977. The molecule has 3 nitrogen and oxygen atoms in total. The van der Waals surface area contributed by atoms with Crippen LogP contribution in [0.1, 0.15) is 16.7 Å². The van der Waals surface area contributed by atoms with Crippen LogP contribution in [-0.4, -0.2) is 16.5 Å². The van der Waals surface area contributed by atoms with Gasteiger partial charge in [0.05, 0.1) is 11.9 Å². The van der Waals surface area contributed by atoms with Crippen LogP contribution in [0.2, 0.25) is 0 Å². The van der Waals surface area contributed by atoms with Crippen molar-refractivity contribution in [1.29, 1.82) is 0 Å². The van der Waals surface area contributed by atoms with Crippen molar-refractivity contribution >= 4 is 22.8 Å². The third kappa shape index (κ3) is 3.77. The van der Waals surface area contributed by atoms with Gasteiger partial charge in [-0.1, -0.05) is 109 Å². The number of hydrogen-bond donors (Lipinski definition) is 0. The number of rotatable bonds is 5. The van der Waals surface area contributed by atoms with E-state index < -0.39 is 0 Å². The third-order valence-electron chi connectivity index (χ3n) is 5.63. The number of hydrogen-bond acceptors (Lipinski definition) is 2. The van der Waals surface area contributed by atoms with Gasteiger partial charge in [0.2, 0.25) is 0 Å². The highest BCUT2D eigenvalue weighted by molar-refractivity contribution is 6.13. The minimum atomic E-state index is 0.851. The Balaban J connectivity index is 1.65. The molecule has 0 radical (unpaired) electrons. The highest BCUT2D eigenvalue weighted by Crippen LogP contribution is 2.31. The summed E-state index contributed by atoms with van der Waals surface area (Å²) in [6.45, 7) is 0. The second-order valence-corrected chi connectivity index (χ2v) is 7.63. The van der Waals surface area contributed by atoms with Crippen LogP contribution in [0.15, 0.2) is 125 Å². The van der Waals surface area contributed by atoms with Crippen LogP contribution < -0.4 is 0 Å². The van der Waals surface area contributed by atoms with Gasteiger partial charge < -0.3 is 4.57 Å². The maximum Gasteiger partial charge on any atom is 0.100 e. The summed E-state index contributed by atoms with van der Waals surface area (Å²) in [5.74, 6) is 0. The van der Waals surface area contributed by atoms with Crippen molar-refractivity contribution in [3.8, 4) is 11.3 Å². The van der Waals surface area contributed by atoms with Crippen LogP contribution in [-0.2, 0) is 7.05 Å². The van der Waals surface area contributed by atoms with Gasteiger partial charge >= 0.3 is 0 Å². The topological polar surface area (TPSA) is 29.6 Å². The van der Waals surface area contributed by atoms with Crippen LogP contribution in [0.3, 0.4) is 0 Å². The summed E-state index contributed by atoms with van der Waals surface area (Å²) in [4.78, 5) is 0. The summed E-state index contributed by atoms with van der Waals surface area (Å²) in [5.41, 5.74) is 7.45. The van der Waals surface area contributed by atoms with Gasteiger partial charge in [0, 0.05) is 34.6 Å². The van der Waals surface area contributed by atoms with E-state index in [1.807, 2.05) is 48.7 Å². The first-order valence-electron chi connectivity index (χ1n) is 10.7. The standard InChI is InChI=1S/C29H23N3/c1-32-27-20-12-11-19-25(27)26(29(32)24-17-9-4-10-18-24)21-30-31-28(22-13-5-2-6-14-22)23-15-7-3-8-16-23/h2-21H,1H3/b30-21-. The third-order valence-corrected chi connectivity index (χ3v) is 5.63. The zero-order valence-electron chi connectivity index (χ0n) is 17.9. The minimum absolute atomic E-state index is 0.851. The van der Waals surface area contributed by atoms with Crippen LogP contribution in [0.5, 0.6) is 0 Å². The fourth-order valence-electron chi connectivity index (χ4n) is 4.12. The van der Waals surface area contributed by atoms with Crippen molar-refractivity contribution in [3.05, 3.63) is 132 Å². The highest BCUT2D eigenvalue weighted by Gasteiger charge is 2.15. The molecule has 3 heteroatoms. The molecule has 0 saturated carbocycles. The number of benzene rings is 4. The molecule has 0 aliphatic heterocycles. The Hall–Kier alpha value is -4.24. The molecule has 5 rings (SSSR count). The van der Waals surface area contributed by atoms with E-state index in [0.717, 1.165) is 39.0 Å². The average Bonchev–Trinajstić information content (AvgIpc) is 3.15. The van der Waals surface area contributed by atoms with Crippen LogP contribution in [0.25, 0.3) is 22.2 Å². The van der Waals surface area contributed by atoms with Gasteiger partial charge in [-0.05, 0) is 11.6 Å². The number of aryl methyl sites for hydroxylation is 1. The van der Waals surface area contributed by atoms with Crippen molar-refractivity contribution in [2.24, 2.45) is 17.3 Å². The van der Waals surface area contributed by atoms with Gasteiger partial charge in [-0.15, -0.1) is 5.10 Å². The molecule has 1 aromatic heterocycles. The molecule has 0 fully saturated rings. The van der Waals surface area contributed by atoms with Gasteiger partial charge in [0.25, 0.3) is 0 Å². The minimum Gasteiger partial charge on any atom is -0.343 e. The summed E-state index contributed by atoms with van der Waals surface area (Å²) in [5, 5.41) is 10.4. The molecule has 0 N–H and O–H groups in total. The average molecular weight is 414 g/mol. The van der Waals surface area contributed by atoms with Crippen molar-refractivity contribution in [3.63, 3.8) is 0 Å². The smallest absolute Gasteiger partial charge is 0.100 e. The van der Waals surface area contributed by atoms with Gasteiger partial charge in [-0.25, -0.2) is 0 Å². The van der Waals surface area contributed by atoms with Gasteiger partial charge in [0.1, 0.15) is 5.71 Å². The zero-order valence-corrected chi connectivity index (χ0v) is 17.9. The number of fused-ring (bicyclic) bond motifs is 1. The highest BCUT2D eigenvalue weighted by atomic mass is 15.2. The first-order valence-corrected chi connectivity index (χ1v) is 10.7. The molecule has 4 aromatic carbocycles. The molecular weight excluding hydrogens is 390 g/mol. The zero-order chi connectivity index (χ0) is 21.8. The molecule has 1 heterocycles. The van der Waals surface area contributed by atoms with E-state index in [1.165, 1.54) is 5.52 Å².